The maximum atomic E-state index is 11.7. The number of carbonyl (C=O) groups excluding carboxylic acids is 1. The normalized spacial score (nSPS) is 12.6. The van der Waals surface area contributed by atoms with E-state index in [4.69, 9.17) is 5.73 Å². The van der Waals surface area contributed by atoms with Crippen LogP contribution in [0.5, 0.6) is 0 Å². The van der Waals surface area contributed by atoms with Crippen molar-refractivity contribution < 1.29 is 4.79 Å². The Balaban J connectivity index is 2.54. The summed E-state index contributed by atoms with van der Waals surface area (Å²) >= 11 is 3.34. The topological polar surface area (TPSA) is 55.1 Å². The molecule has 1 aromatic carbocycles. The van der Waals surface area contributed by atoms with E-state index in [9.17, 15) is 4.79 Å². The van der Waals surface area contributed by atoms with Gasteiger partial charge in [-0.2, -0.15) is 0 Å². The molecule has 3 nitrogen and oxygen atoms in total. The summed E-state index contributed by atoms with van der Waals surface area (Å²) in [5.74, 6) is 0.293. The van der Waals surface area contributed by atoms with E-state index in [-0.39, 0.29) is 5.91 Å². The first-order chi connectivity index (χ1) is 7.49. The monoisotopic (exact) mass is 284 g/mol. The van der Waals surface area contributed by atoms with E-state index >= 15 is 0 Å². The highest BCUT2D eigenvalue weighted by Gasteiger charge is 2.14. The number of halogens is 1. The van der Waals surface area contributed by atoms with Crippen molar-refractivity contribution in [2.24, 2.45) is 11.7 Å². The number of hydrogen-bond acceptors (Lipinski definition) is 2. The first-order valence-electron chi connectivity index (χ1n) is 5.31. The van der Waals surface area contributed by atoms with E-state index in [0.717, 1.165) is 10.2 Å². The van der Waals surface area contributed by atoms with Gasteiger partial charge < -0.3 is 11.1 Å². The molecular formula is C12H17BrN2O. The molecule has 0 radical (unpaired) electrons. The molecule has 1 amide bonds. The van der Waals surface area contributed by atoms with Crippen LogP contribution >= 0.6 is 15.9 Å². The fourth-order valence-electron chi connectivity index (χ4n) is 1.38. The Labute approximate surface area is 105 Å². The van der Waals surface area contributed by atoms with Crippen LogP contribution in [0, 0.1) is 5.92 Å². The van der Waals surface area contributed by atoms with Crippen LogP contribution in [0.25, 0.3) is 0 Å². The first kappa shape index (κ1) is 13.2. The van der Waals surface area contributed by atoms with Crippen molar-refractivity contribution in [2.75, 3.05) is 5.32 Å². The number of nitrogens with two attached hydrogens (primary N) is 1. The van der Waals surface area contributed by atoms with Crippen molar-refractivity contribution >= 4 is 27.5 Å². The van der Waals surface area contributed by atoms with Crippen molar-refractivity contribution in [3.63, 3.8) is 0 Å². The van der Waals surface area contributed by atoms with Crippen LogP contribution < -0.4 is 11.1 Å². The molecule has 0 aliphatic rings. The van der Waals surface area contributed by atoms with E-state index in [0.29, 0.717) is 12.3 Å². The van der Waals surface area contributed by atoms with Crippen LogP contribution in [0.3, 0.4) is 0 Å². The van der Waals surface area contributed by atoms with Crippen LogP contribution in [-0.2, 0) is 4.79 Å². The third-order valence-corrected chi connectivity index (χ3v) is 2.70. The highest BCUT2D eigenvalue weighted by molar-refractivity contribution is 9.10. The van der Waals surface area contributed by atoms with Gasteiger partial charge in [0.25, 0.3) is 0 Å². The summed E-state index contributed by atoms with van der Waals surface area (Å²) in [4.78, 5) is 11.7. The molecule has 0 saturated carbocycles. The molecule has 0 bridgehead atoms. The minimum atomic E-state index is -0.441. The molecule has 0 unspecified atom stereocenters. The van der Waals surface area contributed by atoms with E-state index in [1.54, 1.807) is 0 Å². The summed E-state index contributed by atoms with van der Waals surface area (Å²) in [6, 6.07) is 6.99. The zero-order valence-corrected chi connectivity index (χ0v) is 11.1. The molecule has 1 atom stereocenters. The average molecular weight is 285 g/mol. The Hall–Kier alpha value is -0.870. The second-order valence-corrected chi connectivity index (χ2v) is 5.15. The van der Waals surface area contributed by atoms with E-state index < -0.39 is 6.04 Å². The number of amides is 1. The minimum Gasteiger partial charge on any atom is -0.325 e. The lowest BCUT2D eigenvalue weighted by Gasteiger charge is -2.14. The van der Waals surface area contributed by atoms with Gasteiger partial charge in [0.1, 0.15) is 0 Å². The molecule has 3 N–H and O–H groups in total. The van der Waals surface area contributed by atoms with Crippen LogP contribution in [0.1, 0.15) is 20.3 Å². The number of benzene rings is 1. The minimum absolute atomic E-state index is 0.129. The highest BCUT2D eigenvalue weighted by atomic mass is 79.9. The van der Waals surface area contributed by atoms with Crippen molar-refractivity contribution in [1.82, 2.24) is 0 Å². The lowest BCUT2D eigenvalue weighted by atomic mass is 10.0. The van der Waals surface area contributed by atoms with Crippen molar-refractivity contribution in [1.29, 1.82) is 0 Å². The second kappa shape index (κ2) is 6.01. The summed E-state index contributed by atoms with van der Waals surface area (Å²) in [5, 5.41) is 2.79. The molecule has 0 heterocycles. The summed E-state index contributed by atoms with van der Waals surface area (Å²) in [6.45, 7) is 4.10. The third kappa shape index (κ3) is 4.33. The molecule has 0 aromatic heterocycles. The SMILES string of the molecule is CC(C)C[C@H](N)C(=O)Nc1ccc(Br)cc1. The smallest absolute Gasteiger partial charge is 0.241 e. The van der Waals surface area contributed by atoms with Gasteiger partial charge in [0.05, 0.1) is 6.04 Å². The van der Waals surface area contributed by atoms with Gasteiger partial charge in [-0.25, -0.2) is 0 Å². The van der Waals surface area contributed by atoms with Crippen LogP contribution in [0.2, 0.25) is 0 Å². The van der Waals surface area contributed by atoms with Crippen molar-refractivity contribution in [3.8, 4) is 0 Å². The molecular weight excluding hydrogens is 268 g/mol. The number of nitrogens with one attached hydrogen (secondary N) is 1. The van der Waals surface area contributed by atoms with E-state index in [1.807, 2.05) is 38.1 Å². The van der Waals surface area contributed by atoms with E-state index in [1.165, 1.54) is 0 Å². The number of anilines is 1. The Bertz CT molecular complexity index is 349. The molecule has 0 aliphatic carbocycles. The van der Waals surface area contributed by atoms with Gasteiger partial charge in [0.2, 0.25) is 5.91 Å². The quantitative estimate of drug-likeness (QED) is 0.893. The standard InChI is InChI=1S/C12H17BrN2O/c1-8(2)7-11(14)12(16)15-10-5-3-9(13)4-6-10/h3-6,8,11H,7,14H2,1-2H3,(H,15,16)/t11-/m0/s1. The fraction of sp³-hybridized carbons (Fsp3) is 0.417. The molecule has 0 fully saturated rings. The summed E-state index contributed by atoms with van der Waals surface area (Å²) in [5.41, 5.74) is 6.55. The predicted octanol–water partition coefficient (Wildman–Crippen LogP) is 2.76. The summed E-state index contributed by atoms with van der Waals surface area (Å²) in [6.07, 6.45) is 0.697. The highest BCUT2D eigenvalue weighted by Crippen LogP contribution is 2.14. The number of carbonyl (C=O) groups is 1. The van der Waals surface area contributed by atoms with E-state index in [2.05, 4.69) is 21.2 Å². The molecule has 4 heteroatoms. The first-order valence-corrected chi connectivity index (χ1v) is 6.10. The molecule has 1 rings (SSSR count). The zero-order valence-electron chi connectivity index (χ0n) is 9.53. The van der Waals surface area contributed by atoms with Gasteiger partial charge in [-0.15, -0.1) is 0 Å². The van der Waals surface area contributed by atoms with Crippen molar-refractivity contribution in [2.45, 2.75) is 26.3 Å². The second-order valence-electron chi connectivity index (χ2n) is 4.23. The molecule has 0 saturated heterocycles. The zero-order chi connectivity index (χ0) is 12.1. The van der Waals surface area contributed by atoms with Crippen molar-refractivity contribution in [3.05, 3.63) is 28.7 Å². The number of hydrogen-bond donors (Lipinski definition) is 2. The predicted molar refractivity (Wildman–Crippen MR) is 70.2 cm³/mol. The maximum Gasteiger partial charge on any atom is 0.241 e. The largest absolute Gasteiger partial charge is 0.325 e. The lowest BCUT2D eigenvalue weighted by molar-refractivity contribution is -0.117. The van der Waals surface area contributed by atoms with Crippen LogP contribution in [0.4, 0.5) is 5.69 Å². The third-order valence-electron chi connectivity index (χ3n) is 2.17. The Kier molecular flexibility index (Phi) is 4.96. The van der Waals surface area contributed by atoms with Crippen LogP contribution in [-0.4, -0.2) is 11.9 Å². The molecule has 1 aromatic rings. The van der Waals surface area contributed by atoms with Gasteiger partial charge >= 0.3 is 0 Å². The van der Waals surface area contributed by atoms with Crippen LogP contribution in [0.15, 0.2) is 28.7 Å². The average Bonchev–Trinajstić information content (AvgIpc) is 2.20. The molecule has 0 spiro atoms. The fourth-order valence-corrected chi connectivity index (χ4v) is 1.65. The van der Waals surface area contributed by atoms with Gasteiger partial charge in [0.15, 0.2) is 0 Å². The van der Waals surface area contributed by atoms with Gasteiger partial charge in [-0.3, -0.25) is 4.79 Å². The van der Waals surface area contributed by atoms with Gasteiger partial charge in [-0.1, -0.05) is 29.8 Å². The Morgan fingerprint density at radius 2 is 1.94 bits per heavy atom. The van der Waals surface area contributed by atoms with Gasteiger partial charge in [-0.05, 0) is 36.6 Å². The number of rotatable bonds is 4. The van der Waals surface area contributed by atoms with Gasteiger partial charge in [0, 0.05) is 10.2 Å². The molecule has 0 aliphatic heterocycles. The lowest BCUT2D eigenvalue weighted by Crippen LogP contribution is -2.36. The maximum absolute atomic E-state index is 11.7. The molecule has 88 valence electrons. The summed E-state index contributed by atoms with van der Waals surface area (Å²) in [7, 11) is 0. The summed E-state index contributed by atoms with van der Waals surface area (Å²) < 4.78 is 0.983. The molecule has 16 heavy (non-hydrogen) atoms. The Morgan fingerprint density at radius 3 is 2.44 bits per heavy atom. The Morgan fingerprint density at radius 1 is 1.38 bits per heavy atom.